The summed E-state index contributed by atoms with van der Waals surface area (Å²) in [4.78, 5) is 23.4. The van der Waals surface area contributed by atoms with Crippen molar-refractivity contribution < 1.29 is 4.79 Å². The largest absolute Gasteiger partial charge is 0.326 e. The highest BCUT2D eigenvalue weighted by molar-refractivity contribution is 5.91. The molecule has 1 aromatic heterocycles. The molecule has 0 radical (unpaired) electrons. The van der Waals surface area contributed by atoms with Crippen molar-refractivity contribution in [2.45, 2.75) is 46.0 Å². The molecule has 5 nitrogen and oxygen atoms in total. The summed E-state index contributed by atoms with van der Waals surface area (Å²) in [7, 11) is 0. The molecule has 1 N–H and O–H groups in total. The zero-order valence-electron chi connectivity index (χ0n) is 16.0. The van der Waals surface area contributed by atoms with Gasteiger partial charge in [-0.15, -0.1) is 0 Å². The predicted octanol–water partition coefficient (Wildman–Crippen LogP) is 3.61. The monoisotopic (exact) mass is 352 g/mol. The summed E-state index contributed by atoms with van der Waals surface area (Å²) in [5.74, 6) is 1.44. The minimum atomic E-state index is 0.0884. The second-order valence-electron chi connectivity index (χ2n) is 7.26. The van der Waals surface area contributed by atoms with E-state index in [1.165, 1.54) is 5.56 Å². The van der Waals surface area contributed by atoms with E-state index in [2.05, 4.69) is 33.2 Å². The van der Waals surface area contributed by atoms with Gasteiger partial charge in [-0.2, -0.15) is 0 Å². The number of carbonyl (C=O) groups excluding carboxylic acids is 1. The minimum Gasteiger partial charge on any atom is -0.326 e. The van der Waals surface area contributed by atoms with E-state index in [1.54, 1.807) is 0 Å². The van der Waals surface area contributed by atoms with Gasteiger partial charge in [0.2, 0.25) is 5.91 Å². The average Bonchev–Trinajstić information content (AvgIpc) is 2.63. The van der Waals surface area contributed by atoms with Crippen molar-refractivity contribution in [3.05, 3.63) is 53.1 Å². The van der Waals surface area contributed by atoms with Crippen LogP contribution in [0.3, 0.4) is 0 Å². The number of carbonyl (C=O) groups is 1. The van der Waals surface area contributed by atoms with E-state index in [-0.39, 0.29) is 5.91 Å². The van der Waals surface area contributed by atoms with Gasteiger partial charge in [0.15, 0.2) is 0 Å². The van der Waals surface area contributed by atoms with E-state index >= 15 is 0 Å². The lowest BCUT2D eigenvalue weighted by Gasteiger charge is -2.31. The highest BCUT2D eigenvalue weighted by atomic mass is 16.1. The van der Waals surface area contributed by atoms with Gasteiger partial charge in [0.1, 0.15) is 5.82 Å². The lowest BCUT2D eigenvalue weighted by atomic mass is 9.93. The molecule has 0 saturated carbocycles. The first-order valence-corrected chi connectivity index (χ1v) is 9.40. The van der Waals surface area contributed by atoms with Crippen LogP contribution >= 0.6 is 0 Å². The van der Waals surface area contributed by atoms with Crippen LogP contribution in [0.2, 0.25) is 0 Å². The molecule has 26 heavy (non-hydrogen) atoms. The molecule has 1 amide bonds. The molecule has 1 saturated heterocycles. The van der Waals surface area contributed by atoms with Gasteiger partial charge >= 0.3 is 0 Å². The summed E-state index contributed by atoms with van der Waals surface area (Å²) < 4.78 is 0. The third-order valence-electron chi connectivity index (χ3n) is 5.11. The molecule has 3 rings (SSSR count). The summed E-state index contributed by atoms with van der Waals surface area (Å²) in [6.07, 6.45) is 4.57. The average molecular weight is 352 g/mol. The first kappa shape index (κ1) is 18.5. The second kappa shape index (κ2) is 8.41. The van der Waals surface area contributed by atoms with Crippen LogP contribution in [-0.4, -0.2) is 40.4 Å². The number of benzene rings is 1. The fraction of sp³-hybridized carbons (Fsp3) is 0.476. The molecular weight excluding hydrogens is 324 g/mol. The summed E-state index contributed by atoms with van der Waals surface area (Å²) in [6, 6.07) is 8.14. The van der Waals surface area contributed by atoms with Crippen LogP contribution in [0, 0.1) is 20.8 Å². The number of rotatable bonds is 5. The summed E-state index contributed by atoms with van der Waals surface area (Å²) in [5, 5.41) is 3.04. The molecule has 0 unspecified atom stereocenters. The number of piperidine rings is 1. The molecule has 2 aromatic rings. The van der Waals surface area contributed by atoms with E-state index in [0.717, 1.165) is 55.2 Å². The van der Waals surface area contributed by atoms with E-state index in [1.807, 2.05) is 38.2 Å². The molecule has 2 heterocycles. The normalized spacial score (nSPS) is 15.8. The minimum absolute atomic E-state index is 0.0884. The van der Waals surface area contributed by atoms with Crippen LogP contribution in [-0.2, 0) is 4.79 Å². The number of hydrogen-bond acceptors (Lipinski definition) is 4. The Morgan fingerprint density at radius 2 is 1.96 bits per heavy atom. The molecular formula is C21H28N4O. The maximum atomic E-state index is 12.3. The number of anilines is 1. The zero-order valence-corrected chi connectivity index (χ0v) is 16.0. The van der Waals surface area contributed by atoms with E-state index in [9.17, 15) is 4.79 Å². The van der Waals surface area contributed by atoms with Crippen LogP contribution in [0.4, 0.5) is 5.69 Å². The zero-order chi connectivity index (χ0) is 18.5. The Morgan fingerprint density at radius 3 is 2.65 bits per heavy atom. The first-order valence-electron chi connectivity index (χ1n) is 9.40. The van der Waals surface area contributed by atoms with Gasteiger partial charge in [-0.1, -0.05) is 17.7 Å². The maximum absolute atomic E-state index is 12.3. The molecule has 1 aliphatic heterocycles. The predicted molar refractivity (Wildman–Crippen MR) is 104 cm³/mol. The fourth-order valence-corrected chi connectivity index (χ4v) is 3.58. The second-order valence-corrected chi connectivity index (χ2v) is 7.26. The highest BCUT2D eigenvalue weighted by Gasteiger charge is 2.22. The van der Waals surface area contributed by atoms with Crippen molar-refractivity contribution in [2.75, 3.05) is 25.0 Å². The van der Waals surface area contributed by atoms with Gasteiger partial charge < -0.3 is 10.2 Å². The van der Waals surface area contributed by atoms with Gasteiger partial charge in [0.05, 0.1) is 0 Å². The van der Waals surface area contributed by atoms with Crippen LogP contribution in [0.25, 0.3) is 0 Å². The number of nitrogens with one attached hydrogen (secondary N) is 1. The van der Waals surface area contributed by atoms with E-state index in [4.69, 9.17) is 0 Å². The lowest BCUT2D eigenvalue weighted by molar-refractivity contribution is -0.116. The quantitative estimate of drug-likeness (QED) is 0.893. The van der Waals surface area contributed by atoms with Crippen molar-refractivity contribution in [3.8, 4) is 0 Å². The third kappa shape index (κ3) is 4.88. The van der Waals surface area contributed by atoms with Crippen LogP contribution in [0.15, 0.2) is 30.5 Å². The Hall–Kier alpha value is -2.27. The Bertz CT molecular complexity index is 766. The van der Waals surface area contributed by atoms with E-state index in [0.29, 0.717) is 12.3 Å². The molecule has 0 spiro atoms. The molecule has 138 valence electrons. The number of aromatic nitrogens is 2. The number of nitrogens with zero attached hydrogens (tertiary/aromatic N) is 3. The smallest absolute Gasteiger partial charge is 0.225 e. The topological polar surface area (TPSA) is 58.1 Å². The van der Waals surface area contributed by atoms with Crippen molar-refractivity contribution in [1.29, 1.82) is 0 Å². The summed E-state index contributed by atoms with van der Waals surface area (Å²) >= 11 is 0. The van der Waals surface area contributed by atoms with Gasteiger partial charge in [-0.3, -0.25) is 4.79 Å². The Kier molecular flexibility index (Phi) is 5.99. The fourth-order valence-electron chi connectivity index (χ4n) is 3.58. The van der Waals surface area contributed by atoms with Gasteiger partial charge in [0.25, 0.3) is 0 Å². The summed E-state index contributed by atoms with van der Waals surface area (Å²) in [6.45, 7) is 8.88. The Balaban J connectivity index is 1.44. The molecule has 0 atom stereocenters. The number of hydrogen-bond donors (Lipinski definition) is 1. The van der Waals surface area contributed by atoms with Crippen LogP contribution in [0.5, 0.6) is 0 Å². The summed E-state index contributed by atoms with van der Waals surface area (Å²) in [5.41, 5.74) is 4.39. The number of aryl methyl sites for hydroxylation is 3. The van der Waals surface area contributed by atoms with Crippen molar-refractivity contribution >= 4 is 11.6 Å². The molecule has 1 aliphatic rings. The molecule has 1 fully saturated rings. The molecule has 0 aliphatic carbocycles. The standard InChI is InChI=1S/C21H28N4O/c1-15-4-5-19(16(2)14-15)24-21(26)9-13-25-11-7-18(8-12-25)20-6-10-22-17(3)23-20/h4-6,10,14,18H,7-9,11-13H2,1-3H3,(H,24,26). The Morgan fingerprint density at radius 1 is 1.19 bits per heavy atom. The number of likely N-dealkylation sites (tertiary alicyclic amines) is 1. The van der Waals surface area contributed by atoms with Crippen molar-refractivity contribution in [3.63, 3.8) is 0 Å². The van der Waals surface area contributed by atoms with Crippen molar-refractivity contribution in [2.24, 2.45) is 0 Å². The van der Waals surface area contributed by atoms with Gasteiger partial charge in [-0.05, 0) is 64.4 Å². The van der Waals surface area contributed by atoms with Crippen LogP contribution in [0.1, 0.15) is 47.8 Å². The van der Waals surface area contributed by atoms with Gasteiger partial charge in [-0.25, -0.2) is 9.97 Å². The maximum Gasteiger partial charge on any atom is 0.225 e. The molecule has 5 heteroatoms. The van der Waals surface area contributed by atoms with Crippen molar-refractivity contribution in [1.82, 2.24) is 14.9 Å². The highest BCUT2D eigenvalue weighted by Crippen LogP contribution is 2.26. The Labute approximate surface area is 155 Å². The lowest BCUT2D eigenvalue weighted by Crippen LogP contribution is -2.35. The number of amides is 1. The first-order chi connectivity index (χ1) is 12.5. The van der Waals surface area contributed by atoms with E-state index < -0.39 is 0 Å². The molecule has 1 aromatic carbocycles. The SMILES string of the molecule is Cc1ccc(NC(=O)CCN2CCC(c3ccnc(C)n3)CC2)c(C)c1. The van der Waals surface area contributed by atoms with Crippen LogP contribution < -0.4 is 5.32 Å². The molecule has 0 bridgehead atoms. The van der Waals surface area contributed by atoms with Gasteiger partial charge in [0, 0.05) is 36.5 Å². The third-order valence-corrected chi connectivity index (χ3v) is 5.11.